The van der Waals surface area contributed by atoms with Crippen molar-refractivity contribution in [3.8, 4) is 5.75 Å². The summed E-state index contributed by atoms with van der Waals surface area (Å²) in [6.45, 7) is 5.05. The van der Waals surface area contributed by atoms with Crippen molar-refractivity contribution in [1.29, 1.82) is 0 Å². The fraction of sp³-hybridized carbons (Fsp3) is 0.500. The van der Waals surface area contributed by atoms with Gasteiger partial charge in [-0.3, -0.25) is 4.79 Å². The van der Waals surface area contributed by atoms with Gasteiger partial charge in [-0.2, -0.15) is 0 Å². The van der Waals surface area contributed by atoms with Crippen molar-refractivity contribution in [3.63, 3.8) is 0 Å². The Hall–Kier alpha value is -2.60. The molecule has 1 atom stereocenters. The van der Waals surface area contributed by atoms with Crippen LogP contribution >= 0.6 is 0 Å². The highest BCUT2D eigenvalue weighted by Crippen LogP contribution is 2.45. The summed E-state index contributed by atoms with van der Waals surface area (Å²) in [5, 5.41) is 3.31. The van der Waals surface area contributed by atoms with Crippen LogP contribution in [0.1, 0.15) is 57.4 Å². The van der Waals surface area contributed by atoms with Gasteiger partial charge < -0.3 is 19.5 Å². The monoisotopic (exact) mass is 413 g/mol. The number of ether oxygens (including phenoxy) is 3. The smallest absolute Gasteiger partial charge is 0.336 e. The molecule has 162 valence electrons. The SMILES string of the molecule is CCCCOc1ccccc1C1C(C(=O)OCCOC)=C(C)NC2=C1C(=O)CCC2. The molecule has 1 N–H and O–H groups in total. The number of rotatable bonds is 9. The number of Topliss-reactive ketones (excluding diaryl/α,β-unsaturated/α-hetero) is 1. The average molecular weight is 414 g/mol. The van der Waals surface area contributed by atoms with Gasteiger partial charge in [0.25, 0.3) is 0 Å². The maximum absolute atomic E-state index is 13.1. The number of dihydropyridines is 1. The number of ketones is 1. The number of hydrogen-bond donors (Lipinski definition) is 1. The van der Waals surface area contributed by atoms with Gasteiger partial charge in [0.05, 0.1) is 24.7 Å². The van der Waals surface area contributed by atoms with Crippen LogP contribution in [-0.4, -0.2) is 38.7 Å². The summed E-state index contributed by atoms with van der Waals surface area (Å²) in [6, 6.07) is 7.68. The number of para-hydroxylation sites is 1. The molecule has 0 radical (unpaired) electrons. The minimum absolute atomic E-state index is 0.0757. The first-order chi connectivity index (χ1) is 14.6. The highest BCUT2D eigenvalue weighted by molar-refractivity contribution is 6.04. The first-order valence-corrected chi connectivity index (χ1v) is 10.7. The van der Waals surface area contributed by atoms with E-state index in [0.29, 0.717) is 36.5 Å². The second-order valence-corrected chi connectivity index (χ2v) is 7.63. The highest BCUT2D eigenvalue weighted by Gasteiger charge is 2.40. The van der Waals surface area contributed by atoms with Crippen LogP contribution < -0.4 is 10.1 Å². The van der Waals surface area contributed by atoms with Gasteiger partial charge in [-0.05, 0) is 32.3 Å². The first-order valence-electron chi connectivity index (χ1n) is 10.7. The van der Waals surface area contributed by atoms with E-state index in [-0.39, 0.29) is 12.4 Å². The Morgan fingerprint density at radius 3 is 2.73 bits per heavy atom. The molecule has 2 aliphatic rings. The maximum Gasteiger partial charge on any atom is 0.336 e. The minimum Gasteiger partial charge on any atom is -0.493 e. The zero-order valence-corrected chi connectivity index (χ0v) is 18.1. The van der Waals surface area contributed by atoms with Crippen LogP contribution in [-0.2, 0) is 19.1 Å². The lowest BCUT2D eigenvalue weighted by Crippen LogP contribution is -2.34. The van der Waals surface area contributed by atoms with Crippen molar-refractivity contribution >= 4 is 11.8 Å². The lowest BCUT2D eigenvalue weighted by Gasteiger charge is -2.34. The largest absolute Gasteiger partial charge is 0.493 e. The summed E-state index contributed by atoms with van der Waals surface area (Å²) in [6.07, 6.45) is 4.06. The van der Waals surface area contributed by atoms with Crippen molar-refractivity contribution in [3.05, 3.63) is 52.4 Å². The summed E-state index contributed by atoms with van der Waals surface area (Å²) in [5.74, 6) is -0.151. The summed E-state index contributed by atoms with van der Waals surface area (Å²) < 4.78 is 16.5. The van der Waals surface area contributed by atoms with Crippen LogP contribution in [0, 0.1) is 0 Å². The van der Waals surface area contributed by atoms with E-state index in [1.165, 1.54) is 0 Å². The number of esters is 1. The van der Waals surface area contributed by atoms with E-state index in [9.17, 15) is 9.59 Å². The summed E-state index contributed by atoms with van der Waals surface area (Å²) in [5.41, 5.74) is 3.59. The van der Waals surface area contributed by atoms with Gasteiger partial charge in [0.1, 0.15) is 12.4 Å². The maximum atomic E-state index is 13.1. The molecule has 0 amide bonds. The Balaban J connectivity index is 2.05. The average Bonchev–Trinajstić information content (AvgIpc) is 2.73. The topological polar surface area (TPSA) is 73.9 Å². The molecule has 6 heteroatoms. The van der Waals surface area contributed by atoms with Crippen LogP contribution in [0.4, 0.5) is 0 Å². The predicted molar refractivity (Wildman–Crippen MR) is 114 cm³/mol. The molecule has 1 aromatic carbocycles. The van der Waals surface area contributed by atoms with E-state index in [1.54, 1.807) is 7.11 Å². The normalized spacial score (nSPS) is 18.8. The van der Waals surface area contributed by atoms with Crippen molar-refractivity contribution in [1.82, 2.24) is 5.32 Å². The van der Waals surface area contributed by atoms with Crippen LogP contribution in [0.15, 0.2) is 46.8 Å². The minimum atomic E-state index is -0.498. The highest BCUT2D eigenvalue weighted by atomic mass is 16.6. The first kappa shape index (κ1) is 22.1. The third-order valence-electron chi connectivity index (χ3n) is 5.50. The third-order valence-corrected chi connectivity index (χ3v) is 5.50. The lowest BCUT2D eigenvalue weighted by molar-refractivity contribution is -0.140. The quantitative estimate of drug-likeness (QED) is 0.487. The van der Waals surface area contributed by atoms with Gasteiger partial charge >= 0.3 is 5.97 Å². The third kappa shape index (κ3) is 4.75. The molecule has 1 aliphatic carbocycles. The molecule has 1 heterocycles. The van der Waals surface area contributed by atoms with E-state index in [4.69, 9.17) is 14.2 Å². The molecule has 3 rings (SSSR count). The van der Waals surface area contributed by atoms with Crippen LogP contribution in [0.25, 0.3) is 0 Å². The van der Waals surface area contributed by atoms with Gasteiger partial charge in [0.2, 0.25) is 0 Å². The van der Waals surface area contributed by atoms with Crippen molar-refractivity contribution in [2.24, 2.45) is 0 Å². The van der Waals surface area contributed by atoms with Crippen molar-refractivity contribution < 1.29 is 23.8 Å². The number of unbranched alkanes of at least 4 members (excludes halogenated alkanes) is 1. The summed E-state index contributed by atoms with van der Waals surface area (Å²) in [4.78, 5) is 26.1. The van der Waals surface area contributed by atoms with Gasteiger partial charge in [0.15, 0.2) is 5.78 Å². The Bertz CT molecular complexity index is 855. The molecule has 0 bridgehead atoms. The van der Waals surface area contributed by atoms with Crippen LogP contribution in [0.5, 0.6) is 5.75 Å². The summed E-state index contributed by atoms with van der Waals surface area (Å²) >= 11 is 0. The lowest BCUT2D eigenvalue weighted by atomic mass is 9.75. The zero-order chi connectivity index (χ0) is 21.5. The van der Waals surface area contributed by atoms with Crippen LogP contribution in [0.2, 0.25) is 0 Å². The zero-order valence-electron chi connectivity index (χ0n) is 18.1. The molecule has 1 aromatic rings. The number of carbonyl (C=O) groups excluding carboxylic acids is 2. The van der Waals surface area contributed by atoms with Gasteiger partial charge in [-0.25, -0.2) is 4.79 Å². The van der Waals surface area contributed by atoms with E-state index in [2.05, 4.69) is 12.2 Å². The fourth-order valence-electron chi connectivity index (χ4n) is 4.04. The Morgan fingerprint density at radius 1 is 1.17 bits per heavy atom. The van der Waals surface area contributed by atoms with E-state index in [1.807, 2.05) is 31.2 Å². The van der Waals surface area contributed by atoms with E-state index < -0.39 is 11.9 Å². The number of nitrogens with one attached hydrogen (secondary N) is 1. The van der Waals surface area contributed by atoms with Gasteiger partial charge in [-0.15, -0.1) is 0 Å². The molecule has 1 unspecified atom stereocenters. The number of allylic oxidation sites excluding steroid dienone is 3. The second kappa shape index (κ2) is 10.4. The molecule has 30 heavy (non-hydrogen) atoms. The number of hydrogen-bond acceptors (Lipinski definition) is 6. The molecule has 6 nitrogen and oxygen atoms in total. The number of carbonyl (C=O) groups is 2. The van der Waals surface area contributed by atoms with Gasteiger partial charge in [0, 0.05) is 36.1 Å². The molecule has 0 saturated carbocycles. The van der Waals surface area contributed by atoms with Crippen LogP contribution in [0.3, 0.4) is 0 Å². The van der Waals surface area contributed by atoms with E-state index >= 15 is 0 Å². The second-order valence-electron chi connectivity index (χ2n) is 7.63. The van der Waals surface area contributed by atoms with E-state index in [0.717, 1.165) is 42.6 Å². The molecular formula is C24H31NO5. The Kier molecular flexibility index (Phi) is 7.69. The van der Waals surface area contributed by atoms with Crippen molar-refractivity contribution in [2.45, 2.75) is 51.9 Å². The number of benzene rings is 1. The standard InChI is InChI=1S/C24H31NO5/c1-4-5-13-29-20-12-7-6-9-17(20)22-21(24(27)30-15-14-28-3)16(2)25-18-10-8-11-19(26)23(18)22/h6-7,9,12,22,25H,4-5,8,10-11,13-15H2,1-3H3. The molecule has 0 saturated heterocycles. The molecular weight excluding hydrogens is 382 g/mol. The predicted octanol–water partition coefficient (Wildman–Crippen LogP) is 4.02. The summed E-state index contributed by atoms with van der Waals surface area (Å²) in [7, 11) is 1.56. The fourth-order valence-corrected chi connectivity index (χ4v) is 4.04. The molecule has 0 aromatic heterocycles. The van der Waals surface area contributed by atoms with Crippen molar-refractivity contribution in [2.75, 3.05) is 26.9 Å². The molecule has 1 aliphatic heterocycles. The molecule has 0 fully saturated rings. The Labute approximate surface area is 178 Å². The van der Waals surface area contributed by atoms with Gasteiger partial charge in [-0.1, -0.05) is 31.5 Å². The molecule has 0 spiro atoms. The Morgan fingerprint density at radius 2 is 1.97 bits per heavy atom. The number of methoxy groups -OCH3 is 1.